The summed E-state index contributed by atoms with van der Waals surface area (Å²) in [4.78, 5) is 148. The summed E-state index contributed by atoms with van der Waals surface area (Å²) >= 11 is 2.60. The third-order valence-corrected chi connectivity index (χ3v) is 45.0. The van der Waals surface area contributed by atoms with Crippen molar-refractivity contribution in [3.63, 3.8) is 0 Å². The quantitative estimate of drug-likeness (QED) is 0.0574. The molecular formula is C113H102N14O13S6. The van der Waals surface area contributed by atoms with Gasteiger partial charge in [0.25, 0.3) is 35.4 Å². The summed E-state index contributed by atoms with van der Waals surface area (Å²) < 4.78 is 0. The Hall–Kier alpha value is -12.7. The number of allylic oxidation sites excluding steroid dienone is 3. The van der Waals surface area contributed by atoms with Crippen LogP contribution in [-0.2, 0) is 114 Å². The van der Waals surface area contributed by atoms with Gasteiger partial charge in [0, 0.05) is 68.2 Å². The molecule has 0 radical (unpaired) electrons. The Morgan fingerprint density at radius 2 is 0.788 bits per heavy atom. The number of fused-ring (bicyclic) bond motifs is 29. The maximum Gasteiger partial charge on any atom is 0.264 e. The molecule has 32 rings (SSSR count). The normalized spacial score (nSPS) is 35.2. The first-order valence-electron chi connectivity index (χ1n) is 49.6. The molecule has 27 nitrogen and oxygen atoms in total. The first-order chi connectivity index (χ1) is 70.7. The molecule has 10 aromatic rings. The zero-order valence-electron chi connectivity index (χ0n) is 80.2. The molecule has 10 amide bonds. The summed E-state index contributed by atoms with van der Waals surface area (Å²) in [5.74, 6) is -1.55. The number of aliphatic hydroxyl groups excluding tert-OH is 3. The van der Waals surface area contributed by atoms with E-state index < -0.39 is 124 Å². The largest absolute Gasteiger partial charge is 0.388 e. The van der Waals surface area contributed by atoms with Gasteiger partial charge in [0.1, 0.15) is 67.1 Å². The van der Waals surface area contributed by atoms with Crippen LogP contribution in [0.15, 0.2) is 273 Å². The number of likely N-dealkylation sites (N-methyl/N-ethyl adjacent to an activating group) is 3. The molecular weight excluding hydrogens is 1950 g/mol. The highest BCUT2D eigenvalue weighted by Gasteiger charge is 2.86. The number of carbonyl (C=O) groups excluding carboxylic acids is 10. The lowest BCUT2D eigenvalue weighted by molar-refractivity contribution is -0.166. The maximum absolute atomic E-state index is 14.7. The van der Waals surface area contributed by atoms with Gasteiger partial charge in [-0.15, -0.1) is 23.5 Å². The minimum Gasteiger partial charge on any atom is -0.388 e. The van der Waals surface area contributed by atoms with Crippen molar-refractivity contribution in [2.45, 2.75) is 189 Å². The van der Waals surface area contributed by atoms with Gasteiger partial charge >= 0.3 is 0 Å². The number of hydrogen-bond donors (Lipinski definition) is 9. The van der Waals surface area contributed by atoms with E-state index in [2.05, 4.69) is 105 Å². The van der Waals surface area contributed by atoms with Crippen molar-refractivity contribution >= 4 is 165 Å². The van der Waals surface area contributed by atoms with Gasteiger partial charge in [0.2, 0.25) is 33.4 Å². The van der Waals surface area contributed by atoms with Crippen LogP contribution in [0.5, 0.6) is 0 Å². The molecule has 9 N–H and O–H groups in total. The SMILES string of the molecule is CN1C(=O)[C@]23SS[C@@]1(C)C(=O)N2[C@H]1Nc2ccccc2[C@@]1(C1=CCc2ccccc21)[C@@H]3O.CN1C(=O)[C@]23SS[C@H]1C(=O)N2[C@H]1Nc2ccccc2[C@@]1(C1=CCc2ccccc21)[C@@H]3O.CS[C@H]1C(=O)N2[C@H]3Nc4ccccc4[C@@]3(C3=CCc4ccccc43)[C@H](O)[C@]2(SC)C(=O)N1C.O=C1N[C@@H](Cc2ccccc2)C(=O)N2[C@H]3Cc4ccccc4[C@@]3([C@]34C[C@H]5C(=O)N[C@@H](Cc6ccccc6)C(=O)N5[C@H]3Nc3ccccc34)C[C@@H]12. The number of nitrogens with zero attached hydrogens (tertiary/aromatic N) is 8. The number of hydrogen-bond acceptors (Lipinski definition) is 23. The molecule has 2 spiro atoms. The summed E-state index contributed by atoms with van der Waals surface area (Å²) in [5, 5.41) is 56.2. The molecule has 14 saturated heterocycles. The highest BCUT2D eigenvalue weighted by Crippen LogP contribution is 2.75. The highest BCUT2D eigenvalue weighted by atomic mass is 33.1. The fourth-order valence-corrected chi connectivity index (χ4v) is 38.7. The smallest absolute Gasteiger partial charge is 0.264 e. The molecule has 4 aliphatic carbocycles. The Morgan fingerprint density at radius 1 is 0.377 bits per heavy atom. The van der Waals surface area contributed by atoms with E-state index in [1.807, 2.05) is 223 Å². The van der Waals surface area contributed by atoms with E-state index in [0.717, 1.165) is 120 Å². The number of nitrogens with one attached hydrogen (secondary N) is 6. The predicted octanol–water partition coefficient (Wildman–Crippen LogP) is 11.2. The lowest BCUT2D eigenvalue weighted by Gasteiger charge is -2.57. The van der Waals surface area contributed by atoms with E-state index in [1.165, 1.54) is 98.1 Å². The number of piperazine rings is 5. The van der Waals surface area contributed by atoms with Gasteiger partial charge in [-0.3, -0.25) is 62.6 Å². The van der Waals surface area contributed by atoms with E-state index >= 15 is 0 Å². The van der Waals surface area contributed by atoms with Crippen molar-refractivity contribution in [2.24, 2.45) is 0 Å². The van der Waals surface area contributed by atoms with Crippen molar-refractivity contribution in [3.05, 3.63) is 351 Å². The minimum atomic E-state index is -1.42. The van der Waals surface area contributed by atoms with Crippen LogP contribution in [0.2, 0.25) is 0 Å². The fourth-order valence-electron chi connectivity index (χ4n) is 29.8. The highest BCUT2D eigenvalue weighted by molar-refractivity contribution is 8.78. The van der Waals surface area contributed by atoms with E-state index in [1.54, 1.807) is 42.8 Å². The summed E-state index contributed by atoms with van der Waals surface area (Å²) in [6.45, 7) is 1.80. The Balaban J connectivity index is 0.0000000987. The zero-order chi connectivity index (χ0) is 100. The summed E-state index contributed by atoms with van der Waals surface area (Å²) in [5.41, 5.74) is 17.1. The van der Waals surface area contributed by atoms with E-state index in [-0.39, 0.29) is 65.1 Å². The third-order valence-electron chi connectivity index (χ3n) is 35.9. The van der Waals surface area contributed by atoms with Gasteiger partial charge in [0.05, 0.1) is 21.7 Å². The van der Waals surface area contributed by atoms with Gasteiger partial charge in [-0.2, -0.15) is 0 Å². The second-order valence-electron chi connectivity index (χ2n) is 41.7. The molecule has 22 aliphatic rings. The molecule has 18 aliphatic heterocycles. The predicted molar refractivity (Wildman–Crippen MR) is 565 cm³/mol. The van der Waals surface area contributed by atoms with E-state index in [0.29, 0.717) is 32.1 Å². The zero-order valence-corrected chi connectivity index (χ0v) is 85.1. The van der Waals surface area contributed by atoms with Crippen molar-refractivity contribution in [1.29, 1.82) is 0 Å². The Labute approximate surface area is 866 Å². The average molecular weight is 2060 g/mol. The number of anilines is 4. The fraction of sp³-hybridized carbons (Fsp3) is 0.327. The topological polar surface area (TPSA) is 329 Å². The number of carbonyl (C=O) groups is 10. The summed E-state index contributed by atoms with van der Waals surface area (Å²) in [7, 11) is 10.4. The van der Waals surface area contributed by atoms with Crippen molar-refractivity contribution < 1.29 is 63.3 Å². The first kappa shape index (κ1) is 91.9. The standard InChI is InChI=1S/C41H37N5O4.C25H25N3O3S2.C24H21N3O3S2.C23H19N3O3S2/c47-35-32-22-40(27-16-8-7-15-26(27)21-34(40)45(32)37(49)30(42-35)19-24-11-3-1-4-12-24)41-23-33-36(48)43-31(20-25-13-5-2-6-14-25)38(50)46(33)39(41)44-29-18-10-9-17-28(29)41;1-27-20(32-2)19(29)28-22-24(17-10-6-7-11-18(17)26-22,21(30)25(28,33-3)23(27)31)16-13-12-14-8-4-5-9-15(14)16;1-22-20(29)27-19-23(16-9-5-6-10-17(16)25-19,15-12-11-13-7-3-4-8-14(13)15)18(28)24(27,32-31-22)21(30)26(22)2;1-25-18-17(27)26-20-22(15-8-4-5-9-16(15)24-20,19(28)23(26,21(25)29)31-30-18)14-11-10-12-6-2-3-7-13(12)14/h1-18,30-34,39,44H,19-23H2,(H,42,47)(H,43,48);4-11,13,20-22,26,30H,12H2,1-3H3;3-10,12,18-19,25,28H,11H2,1-2H3;2-9,11,18-20,24,28H,10H2,1H3/t30-,31-,32-,33-,34-,39+,40-,41-;20-,21-,22+,24-,25-;18-,19+,22-,23-,24-;18-,19-,20+,22-,23-/m0000/s1. The van der Waals surface area contributed by atoms with Gasteiger partial charge in [0.15, 0.2) is 20.5 Å². The number of benzene rings is 10. The summed E-state index contributed by atoms with van der Waals surface area (Å²) in [6, 6.07) is 81.4. The number of aliphatic hydroxyl groups is 3. The van der Waals surface area contributed by atoms with Crippen LogP contribution in [-0.4, -0.2) is 251 Å². The van der Waals surface area contributed by atoms with E-state index in [4.69, 9.17) is 0 Å². The minimum absolute atomic E-state index is 0.0715. The molecule has 738 valence electrons. The second kappa shape index (κ2) is 32.4. The molecule has 33 heteroatoms. The number of amides is 10. The number of rotatable bonds is 10. The molecule has 146 heavy (non-hydrogen) atoms. The molecule has 0 aromatic heterocycles. The first-order valence-corrected chi connectivity index (χ1v) is 56.5. The van der Waals surface area contributed by atoms with Crippen LogP contribution in [0.4, 0.5) is 22.7 Å². The van der Waals surface area contributed by atoms with Crippen LogP contribution >= 0.6 is 66.7 Å². The molecule has 4 bridgehead atoms. The molecule has 14 fully saturated rings. The Kier molecular flexibility index (Phi) is 20.4. The van der Waals surface area contributed by atoms with Crippen molar-refractivity contribution in [2.75, 3.05) is 54.9 Å². The average Bonchev–Trinajstić information content (AvgIpc) is 1.48. The van der Waals surface area contributed by atoms with Gasteiger partial charge in [-0.1, -0.05) is 270 Å². The van der Waals surface area contributed by atoms with Crippen molar-refractivity contribution in [3.8, 4) is 0 Å². The van der Waals surface area contributed by atoms with Gasteiger partial charge in [-0.05, 0) is 198 Å². The van der Waals surface area contributed by atoms with E-state index in [9.17, 15) is 63.3 Å². The summed E-state index contributed by atoms with van der Waals surface area (Å²) in [6.07, 6.45) is 9.09. The molecule has 10 aromatic carbocycles. The van der Waals surface area contributed by atoms with Crippen LogP contribution in [0.25, 0.3) is 16.7 Å². The molecule has 18 heterocycles. The van der Waals surface area contributed by atoms with Crippen LogP contribution < -0.4 is 31.9 Å². The molecule has 0 unspecified atom stereocenters. The van der Waals surface area contributed by atoms with Crippen molar-refractivity contribution in [1.82, 2.24) is 49.8 Å². The maximum atomic E-state index is 14.7. The molecule has 0 saturated carbocycles. The Bertz CT molecular complexity index is 7400. The van der Waals surface area contributed by atoms with Crippen LogP contribution in [0, 0.1) is 0 Å². The third kappa shape index (κ3) is 11.2. The van der Waals surface area contributed by atoms with Crippen LogP contribution in [0.3, 0.4) is 0 Å². The lowest BCUT2D eigenvalue weighted by Crippen LogP contribution is -2.77. The Morgan fingerprint density at radius 3 is 1.29 bits per heavy atom. The van der Waals surface area contributed by atoms with Crippen LogP contribution in [0.1, 0.15) is 97.7 Å². The lowest BCUT2D eigenvalue weighted by atomic mass is 9.53. The second-order valence-corrected chi connectivity index (χ2v) is 48.9. The van der Waals surface area contributed by atoms with Gasteiger partial charge in [-0.25, -0.2) is 0 Å². The van der Waals surface area contributed by atoms with Gasteiger partial charge < -0.3 is 71.7 Å². The number of thioether (sulfide) groups is 2. The number of para-hydroxylation sites is 4. The monoisotopic (exact) mass is 2050 g/mol. The molecule has 23 atom stereocenters.